The van der Waals surface area contributed by atoms with Crippen molar-refractivity contribution in [3.8, 4) is 6.01 Å². The number of nitrogens with one attached hydrogen (secondary N) is 2. The summed E-state index contributed by atoms with van der Waals surface area (Å²) in [5, 5.41) is 14.8. The molecule has 0 radical (unpaired) electrons. The number of aliphatic hydroxyl groups is 1. The number of aliphatic hydroxyl groups excluding tert-OH is 1. The highest BCUT2D eigenvalue weighted by Crippen LogP contribution is 2.11. The smallest absolute Gasteiger partial charge is 0.323 e. The lowest BCUT2D eigenvalue weighted by Crippen LogP contribution is -2.12. The van der Waals surface area contributed by atoms with Crippen molar-refractivity contribution in [2.45, 2.75) is 26.7 Å². The second-order valence-corrected chi connectivity index (χ2v) is 3.63. The molecule has 7 heteroatoms. The van der Waals surface area contributed by atoms with E-state index in [0.29, 0.717) is 37.5 Å². The third kappa shape index (κ3) is 5.13. The summed E-state index contributed by atoms with van der Waals surface area (Å²) < 4.78 is 5.28. The summed E-state index contributed by atoms with van der Waals surface area (Å²) in [7, 11) is 0. The molecule has 0 saturated heterocycles. The van der Waals surface area contributed by atoms with Gasteiger partial charge in [0.2, 0.25) is 11.9 Å². The molecule has 1 aromatic heterocycles. The van der Waals surface area contributed by atoms with Crippen LogP contribution in [-0.4, -0.2) is 46.4 Å². The molecule has 0 saturated carbocycles. The van der Waals surface area contributed by atoms with Crippen molar-refractivity contribution in [2.24, 2.45) is 0 Å². The Hall–Kier alpha value is -1.63. The number of nitrogens with zero attached hydrogens (tertiary/aromatic N) is 3. The fraction of sp³-hybridized carbons (Fsp3) is 0.727. The molecule has 0 aliphatic rings. The van der Waals surface area contributed by atoms with Gasteiger partial charge in [0.25, 0.3) is 0 Å². The Balaban J connectivity index is 2.70. The molecule has 0 aliphatic carbocycles. The zero-order chi connectivity index (χ0) is 13.2. The first kappa shape index (κ1) is 14.4. The van der Waals surface area contributed by atoms with Crippen molar-refractivity contribution in [1.29, 1.82) is 0 Å². The van der Waals surface area contributed by atoms with Gasteiger partial charge in [0.15, 0.2) is 0 Å². The Bertz CT molecular complexity index is 348. The number of rotatable bonds is 9. The van der Waals surface area contributed by atoms with Crippen molar-refractivity contribution >= 4 is 11.9 Å². The van der Waals surface area contributed by atoms with Crippen LogP contribution in [0.3, 0.4) is 0 Å². The normalized spacial score (nSPS) is 10.2. The van der Waals surface area contributed by atoms with Crippen molar-refractivity contribution in [2.75, 3.05) is 36.9 Å². The van der Waals surface area contributed by atoms with E-state index in [9.17, 15) is 0 Å². The van der Waals surface area contributed by atoms with Crippen LogP contribution in [-0.2, 0) is 0 Å². The Morgan fingerprint density at radius 2 is 1.72 bits per heavy atom. The predicted molar refractivity (Wildman–Crippen MR) is 70.0 cm³/mol. The number of hydrogen-bond acceptors (Lipinski definition) is 7. The molecule has 1 rings (SSSR count). The quantitative estimate of drug-likeness (QED) is 0.564. The molecule has 0 amide bonds. The van der Waals surface area contributed by atoms with E-state index in [-0.39, 0.29) is 6.61 Å². The van der Waals surface area contributed by atoms with E-state index in [1.54, 1.807) is 0 Å². The number of ether oxygens (including phenoxy) is 1. The van der Waals surface area contributed by atoms with Gasteiger partial charge >= 0.3 is 6.01 Å². The maximum atomic E-state index is 8.72. The Labute approximate surface area is 107 Å². The van der Waals surface area contributed by atoms with Crippen molar-refractivity contribution in [1.82, 2.24) is 15.0 Å². The summed E-state index contributed by atoms with van der Waals surface area (Å²) in [6.07, 6.45) is 1.64. The van der Waals surface area contributed by atoms with Crippen LogP contribution in [0, 0.1) is 0 Å². The molecule has 0 atom stereocenters. The van der Waals surface area contributed by atoms with E-state index < -0.39 is 0 Å². The summed E-state index contributed by atoms with van der Waals surface area (Å²) >= 11 is 0. The molecule has 7 nitrogen and oxygen atoms in total. The third-order valence-corrected chi connectivity index (χ3v) is 2.04. The SMILES string of the molecule is CCCNc1nc(NCCCO)nc(OCC)n1. The summed E-state index contributed by atoms with van der Waals surface area (Å²) in [6, 6.07) is 0.303. The molecule has 0 fully saturated rings. The van der Waals surface area contributed by atoms with E-state index in [0.717, 1.165) is 13.0 Å². The largest absolute Gasteiger partial charge is 0.464 e. The molecule has 102 valence electrons. The Morgan fingerprint density at radius 1 is 1.06 bits per heavy atom. The van der Waals surface area contributed by atoms with E-state index in [2.05, 4.69) is 32.5 Å². The Morgan fingerprint density at radius 3 is 2.28 bits per heavy atom. The molecule has 0 bridgehead atoms. The first-order valence-electron chi connectivity index (χ1n) is 6.27. The third-order valence-electron chi connectivity index (χ3n) is 2.04. The van der Waals surface area contributed by atoms with Gasteiger partial charge in [-0.15, -0.1) is 0 Å². The van der Waals surface area contributed by atoms with Gasteiger partial charge in [-0.05, 0) is 19.8 Å². The van der Waals surface area contributed by atoms with E-state index in [1.807, 2.05) is 6.92 Å². The molecule has 1 heterocycles. The summed E-state index contributed by atoms with van der Waals surface area (Å²) in [6.45, 7) is 6.00. The lowest BCUT2D eigenvalue weighted by molar-refractivity contribution is 0.292. The van der Waals surface area contributed by atoms with Gasteiger partial charge in [0.1, 0.15) is 0 Å². The summed E-state index contributed by atoms with van der Waals surface area (Å²) in [5.41, 5.74) is 0. The monoisotopic (exact) mass is 255 g/mol. The van der Waals surface area contributed by atoms with Crippen molar-refractivity contribution in [3.05, 3.63) is 0 Å². The van der Waals surface area contributed by atoms with Crippen LogP contribution < -0.4 is 15.4 Å². The first-order chi connectivity index (χ1) is 8.80. The molecular formula is C11H21N5O2. The summed E-state index contributed by atoms with van der Waals surface area (Å²) in [5.74, 6) is 0.960. The average molecular weight is 255 g/mol. The predicted octanol–water partition coefficient (Wildman–Crippen LogP) is 0.886. The zero-order valence-electron chi connectivity index (χ0n) is 10.9. The van der Waals surface area contributed by atoms with Crippen LogP contribution in [0.1, 0.15) is 26.7 Å². The minimum absolute atomic E-state index is 0.136. The van der Waals surface area contributed by atoms with Gasteiger partial charge in [-0.2, -0.15) is 15.0 Å². The molecular weight excluding hydrogens is 234 g/mol. The van der Waals surface area contributed by atoms with Crippen LogP contribution in [0.2, 0.25) is 0 Å². The highest BCUT2D eigenvalue weighted by atomic mass is 16.5. The fourth-order valence-electron chi connectivity index (χ4n) is 1.22. The van der Waals surface area contributed by atoms with Crippen LogP contribution >= 0.6 is 0 Å². The number of aromatic nitrogens is 3. The van der Waals surface area contributed by atoms with Crippen LogP contribution in [0.5, 0.6) is 6.01 Å². The lowest BCUT2D eigenvalue weighted by atomic mass is 10.4. The van der Waals surface area contributed by atoms with E-state index in [1.165, 1.54) is 0 Å². The van der Waals surface area contributed by atoms with E-state index >= 15 is 0 Å². The van der Waals surface area contributed by atoms with Gasteiger partial charge in [0.05, 0.1) is 6.61 Å². The van der Waals surface area contributed by atoms with Gasteiger partial charge in [-0.25, -0.2) is 0 Å². The maximum absolute atomic E-state index is 8.72. The minimum atomic E-state index is 0.136. The molecule has 0 spiro atoms. The zero-order valence-corrected chi connectivity index (χ0v) is 10.9. The minimum Gasteiger partial charge on any atom is -0.464 e. The molecule has 0 aromatic carbocycles. The average Bonchev–Trinajstić information content (AvgIpc) is 2.37. The maximum Gasteiger partial charge on any atom is 0.323 e. The van der Waals surface area contributed by atoms with Gasteiger partial charge in [0, 0.05) is 19.7 Å². The Kier molecular flexibility index (Phi) is 6.78. The number of anilines is 2. The van der Waals surface area contributed by atoms with Crippen LogP contribution in [0.4, 0.5) is 11.9 Å². The molecule has 18 heavy (non-hydrogen) atoms. The molecule has 0 aliphatic heterocycles. The van der Waals surface area contributed by atoms with Gasteiger partial charge < -0.3 is 20.5 Å². The van der Waals surface area contributed by atoms with Crippen molar-refractivity contribution in [3.63, 3.8) is 0 Å². The number of hydrogen-bond donors (Lipinski definition) is 3. The lowest BCUT2D eigenvalue weighted by Gasteiger charge is -2.09. The van der Waals surface area contributed by atoms with Crippen LogP contribution in [0.25, 0.3) is 0 Å². The second kappa shape index (κ2) is 8.46. The second-order valence-electron chi connectivity index (χ2n) is 3.63. The topological polar surface area (TPSA) is 92.2 Å². The first-order valence-corrected chi connectivity index (χ1v) is 6.27. The van der Waals surface area contributed by atoms with E-state index in [4.69, 9.17) is 9.84 Å². The highest BCUT2D eigenvalue weighted by Gasteiger charge is 2.06. The van der Waals surface area contributed by atoms with Gasteiger partial charge in [-0.3, -0.25) is 0 Å². The molecule has 1 aromatic rings. The molecule has 0 unspecified atom stereocenters. The fourth-order valence-corrected chi connectivity index (χ4v) is 1.22. The highest BCUT2D eigenvalue weighted by molar-refractivity contribution is 5.35. The van der Waals surface area contributed by atoms with Crippen LogP contribution in [0.15, 0.2) is 0 Å². The molecule has 3 N–H and O–H groups in total. The summed E-state index contributed by atoms with van der Waals surface area (Å²) in [4.78, 5) is 12.5. The van der Waals surface area contributed by atoms with Gasteiger partial charge in [-0.1, -0.05) is 6.92 Å². The standard InChI is InChI=1S/C11H21N5O2/c1-3-6-12-9-14-10(13-7-5-8-17)16-11(15-9)18-4-2/h17H,3-8H2,1-2H3,(H2,12,13,14,15,16). The van der Waals surface area contributed by atoms with Crippen molar-refractivity contribution < 1.29 is 9.84 Å².